The molecule has 4 nitrogen and oxygen atoms in total. The van der Waals surface area contributed by atoms with Crippen molar-refractivity contribution in [3.8, 4) is 11.5 Å². The van der Waals surface area contributed by atoms with Gasteiger partial charge >= 0.3 is 5.97 Å². The quantitative estimate of drug-likeness (QED) is 0.233. The van der Waals surface area contributed by atoms with Crippen molar-refractivity contribution in [1.29, 1.82) is 0 Å². The van der Waals surface area contributed by atoms with E-state index in [9.17, 15) is 4.79 Å². The fraction of sp³-hybridized carbons (Fsp3) is 0.711. The fourth-order valence-electron chi connectivity index (χ4n) is 13.3. The lowest BCUT2D eigenvalue weighted by Crippen LogP contribution is -2.65. The van der Waals surface area contributed by atoms with Gasteiger partial charge in [0.25, 0.3) is 0 Å². The molecule has 266 valence electrons. The Morgan fingerprint density at radius 1 is 0.959 bits per heavy atom. The van der Waals surface area contributed by atoms with Crippen LogP contribution in [0.25, 0.3) is 6.08 Å². The third kappa shape index (κ3) is 4.30. The molecule has 6 aliphatic carbocycles. The van der Waals surface area contributed by atoms with E-state index >= 15 is 0 Å². The maximum Gasteiger partial charge on any atom is 0.311 e. The molecular formula is C45H62O4. The highest BCUT2D eigenvalue weighted by Crippen LogP contribution is 2.75. The number of carbonyl (C=O) groups excluding carboxylic acids is 1. The summed E-state index contributed by atoms with van der Waals surface area (Å²) in [6.07, 6.45) is 17.2. The SMILES string of the molecule is C=C(C)C1CCC(C)C2=C(C1)[C@@]1(C)Oc3c(cc4c(c3C)C=CC3[C@@]4(C)CC[C@@]4(C)C5C[C@](C)(C(=O)OC)CC[C@]5(C)CC[C@]34C)O[C@H]1C2. The van der Waals surface area contributed by atoms with E-state index in [1.165, 1.54) is 59.9 Å². The second kappa shape index (κ2) is 10.5. The summed E-state index contributed by atoms with van der Waals surface area (Å²) >= 11 is 0. The lowest BCUT2D eigenvalue weighted by Gasteiger charge is -2.71. The smallest absolute Gasteiger partial charge is 0.311 e. The summed E-state index contributed by atoms with van der Waals surface area (Å²) < 4.78 is 19.8. The lowest BCUT2D eigenvalue weighted by molar-refractivity contribution is -0.205. The molecule has 1 aromatic rings. The Morgan fingerprint density at radius 3 is 2.39 bits per heavy atom. The maximum absolute atomic E-state index is 13.2. The largest absolute Gasteiger partial charge is 0.482 e. The molecule has 0 N–H and O–H groups in total. The zero-order valence-corrected chi connectivity index (χ0v) is 32.2. The van der Waals surface area contributed by atoms with Crippen LogP contribution in [0.15, 0.2) is 35.4 Å². The van der Waals surface area contributed by atoms with Crippen molar-refractivity contribution in [2.24, 2.45) is 45.3 Å². The number of allylic oxidation sites excluding steroid dienone is 2. The first-order valence-electron chi connectivity index (χ1n) is 19.6. The second-order valence-corrected chi connectivity index (χ2v) is 19.6. The van der Waals surface area contributed by atoms with Crippen LogP contribution in [-0.4, -0.2) is 24.8 Å². The van der Waals surface area contributed by atoms with Gasteiger partial charge in [-0.15, -0.1) is 0 Å². The standard InChI is InChI=1S/C45H62O4/c1-26(2)29-13-12-27(3)31-23-37-45(10,33(31)22-29)49-38-28(4)30-14-15-35-42(7,32(30)24-34(38)48-37)19-21-44(9)36-25-41(6,39(46)47-11)17-16-40(36,5)18-20-43(35,44)8/h14-15,24,27,29,35-37H,1,12-13,16-23,25H2,2-11H3/t27?,29?,35?,36?,37-,40+,41+,42-,43+,44-,45+/m0/s1. The van der Waals surface area contributed by atoms with E-state index in [1.807, 2.05) is 0 Å². The van der Waals surface area contributed by atoms with E-state index in [4.69, 9.17) is 14.2 Å². The first kappa shape index (κ1) is 33.6. The van der Waals surface area contributed by atoms with E-state index in [0.717, 1.165) is 50.0 Å². The number of esters is 1. The zero-order valence-electron chi connectivity index (χ0n) is 32.2. The first-order chi connectivity index (χ1) is 22.9. The third-order valence-corrected chi connectivity index (χ3v) is 17.1. The van der Waals surface area contributed by atoms with Crippen molar-refractivity contribution in [2.45, 2.75) is 150 Å². The van der Waals surface area contributed by atoms with E-state index in [-0.39, 0.29) is 33.7 Å². The average Bonchev–Trinajstić information content (AvgIpc) is 3.22. The van der Waals surface area contributed by atoms with Crippen molar-refractivity contribution >= 4 is 12.0 Å². The predicted molar refractivity (Wildman–Crippen MR) is 198 cm³/mol. The van der Waals surface area contributed by atoms with Gasteiger partial charge in [0, 0.05) is 17.4 Å². The van der Waals surface area contributed by atoms with Gasteiger partial charge in [-0.3, -0.25) is 4.79 Å². The molecule has 3 saturated carbocycles. The number of hydrogen-bond donors (Lipinski definition) is 0. The molecule has 0 spiro atoms. The second-order valence-electron chi connectivity index (χ2n) is 19.6. The van der Waals surface area contributed by atoms with Crippen LogP contribution >= 0.6 is 0 Å². The van der Waals surface area contributed by atoms with Gasteiger partial charge in [-0.05, 0) is 155 Å². The molecule has 7 aliphatic rings. The summed E-state index contributed by atoms with van der Waals surface area (Å²) in [6.45, 7) is 26.0. The van der Waals surface area contributed by atoms with Crippen LogP contribution in [0.1, 0.15) is 143 Å². The van der Waals surface area contributed by atoms with Crippen molar-refractivity contribution in [1.82, 2.24) is 0 Å². The summed E-state index contributed by atoms with van der Waals surface area (Å²) in [5.41, 5.74) is 8.08. The lowest BCUT2D eigenvalue weighted by atomic mass is 9.33. The Balaban J connectivity index is 1.16. The van der Waals surface area contributed by atoms with Crippen molar-refractivity contribution in [3.05, 3.63) is 52.1 Å². The molecule has 0 amide bonds. The summed E-state index contributed by atoms with van der Waals surface area (Å²) in [6, 6.07) is 2.41. The van der Waals surface area contributed by atoms with Crippen LogP contribution in [0.5, 0.6) is 11.5 Å². The van der Waals surface area contributed by atoms with Crippen molar-refractivity contribution < 1.29 is 19.0 Å². The van der Waals surface area contributed by atoms with Gasteiger partial charge < -0.3 is 14.2 Å². The van der Waals surface area contributed by atoms with Crippen LogP contribution < -0.4 is 9.47 Å². The van der Waals surface area contributed by atoms with Gasteiger partial charge in [-0.2, -0.15) is 0 Å². The molecule has 8 rings (SSSR count). The molecule has 1 heterocycles. The highest BCUT2D eigenvalue weighted by molar-refractivity contribution is 5.76. The summed E-state index contributed by atoms with van der Waals surface area (Å²) in [4.78, 5) is 13.2. The molecule has 49 heavy (non-hydrogen) atoms. The van der Waals surface area contributed by atoms with Gasteiger partial charge in [-0.25, -0.2) is 0 Å². The van der Waals surface area contributed by atoms with Crippen LogP contribution in [0, 0.1) is 52.3 Å². The number of methoxy groups -OCH3 is 1. The molecular weight excluding hydrogens is 604 g/mol. The first-order valence-corrected chi connectivity index (χ1v) is 19.6. The number of benzene rings is 1. The van der Waals surface area contributed by atoms with Crippen LogP contribution in [0.4, 0.5) is 0 Å². The number of rotatable bonds is 2. The predicted octanol–water partition coefficient (Wildman–Crippen LogP) is 11.1. The van der Waals surface area contributed by atoms with E-state index in [0.29, 0.717) is 23.7 Å². The number of fused-ring (bicyclic) bond motifs is 10. The minimum Gasteiger partial charge on any atom is -0.482 e. The van der Waals surface area contributed by atoms with Gasteiger partial charge in [0.1, 0.15) is 6.10 Å². The molecule has 0 saturated heterocycles. The molecule has 3 fully saturated rings. The monoisotopic (exact) mass is 666 g/mol. The molecule has 0 aromatic heterocycles. The Bertz CT molecular complexity index is 1700. The highest BCUT2D eigenvalue weighted by Gasteiger charge is 2.68. The normalized spacial score (nSPS) is 46.3. The Kier molecular flexibility index (Phi) is 7.23. The summed E-state index contributed by atoms with van der Waals surface area (Å²) in [7, 11) is 1.57. The summed E-state index contributed by atoms with van der Waals surface area (Å²) in [5, 5.41) is 0. The number of ether oxygens (including phenoxy) is 3. The Labute approximate surface area is 296 Å². The Morgan fingerprint density at radius 2 is 1.67 bits per heavy atom. The molecule has 1 aromatic carbocycles. The van der Waals surface area contributed by atoms with Crippen molar-refractivity contribution in [2.75, 3.05) is 7.11 Å². The molecule has 0 bridgehead atoms. The number of hydrogen-bond acceptors (Lipinski definition) is 4. The van der Waals surface area contributed by atoms with Crippen molar-refractivity contribution in [3.63, 3.8) is 0 Å². The molecule has 4 heteroatoms. The van der Waals surface area contributed by atoms with Gasteiger partial charge in [0.2, 0.25) is 0 Å². The van der Waals surface area contributed by atoms with E-state index in [2.05, 4.69) is 87.1 Å². The van der Waals surface area contributed by atoms with Crippen LogP contribution in [0.3, 0.4) is 0 Å². The molecule has 0 radical (unpaired) electrons. The third-order valence-electron chi connectivity index (χ3n) is 17.1. The highest BCUT2D eigenvalue weighted by atomic mass is 16.6. The maximum atomic E-state index is 13.2. The summed E-state index contributed by atoms with van der Waals surface area (Å²) in [5.74, 6) is 3.86. The minimum absolute atomic E-state index is 0.00457. The Hall–Kier alpha value is -2.49. The molecule has 11 atom stereocenters. The zero-order chi connectivity index (χ0) is 35.1. The minimum atomic E-state index is -0.438. The average molecular weight is 667 g/mol. The number of carbonyl (C=O) groups is 1. The van der Waals surface area contributed by atoms with Gasteiger partial charge in [-0.1, -0.05) is 64.5 Å². The van der Waals surface area contributed by atoms with Gasteiger partial charge in [0.15, 0.2) is 17.1 Å². The van der Waals surface area contributed by atoms with E-state index < -0.39 is 11.0 Å². The van der Waals surface area contributed by atoms with E-state index in [1.54, 1.807) is 12.7 Å². The fourth-order valence-corrected chi connectivity index (χ4v) is 13.3. The van der Waals surface area contributed by atoms with Crippen LogP contribution in [0.2, 0.25) is 0 Å². The van der Waals surface area contributed by atoms with Gasteiger partial charge in [0.05, 0.1) is 12.5 Å². The van der Waals surface area contributed by atoms with Crippen LogP contribution in [-0.2, 0) is 14.9 Å². The molecule has 1 aliphatic heterocycles. The topological polar surface area (TPSA) is 44.8 Å². The molecule has 4 unspecified atom stereocenters.